The van der Waals surface area contributed by atoms with E-state index in [0.717, 1.165) is 25.1 Å². The van der Waals surface area contributed by atoms with Crippen molar-refractivity contribution in [3.63, 3.8) is 0 Å². The second-order valence-corrected chi connectivity index (χ2v) is 9.48. The molecule has 3 atom stereocenters. The Labute approximate surface area is 139 Å². The average Bonchev–Trinajstić information content (AvgIpc) is 2.49. The van der Waals surface area contributed by atoms with E-state index in [-0.39, 0.29) is 5.66 Å². The van der Waals surface area contributed by atoms with Crippen LogP contribution in [0.3, 0.4) is 0 Å². The van der Waals surface area contributed by atoms with Gasteiger partial charge in [-0.2, -0.15) is 0 Å². The maximum absolute atomic E-state index is 11.0. The first-order valence-electron chi connectivity index (χ1n) is 7.81. The van der Waals surface area contributed by atoms with Crippen LogP contribution in [0.5, 0.6) is 0 Å². The fourth-order valence-electron chi connectivity index (χ4n) is 1.86. The predicted octanol–water partition coefficient (Wildman–Crippen LogP) is 2.97. The number of rotatable bonds is 9. The first-order valence-corrected chi connectivity index (χ1v) is 11.5. The summed E-state index contributed by atoms with van der Waals surface area (Å²) < 4.78 is 21.4. The fourth-order valence-corrected chi connectivity index (χ4v) is 3.37. The molecule has 0 aromatic heterocycles. The molecule has 3 unspecified atom stereocenters. The summed E-state index contributed by atoms with van der Waals surface area (Å²) in [5.41, 5.74) is 6.21. The smallest absolute Gasteiger partial charge is 0.197 e. The zero-order chi connectivity index (χ0) is 17.7. The van der Waals surface area contributed by atoms with E-state index in [1.165, 1.54) is 6.66 Å². The number of anilines is 1. The van der Waals surface area contributed by atoms with Crippen molar-refractivity contribution in [1.29, 1.82) is 0 Å². The molecular weight excluding hydrogens is 334 g/mol. The largest absolute Gasteiger partial charge is 0.385 e. The SMILES string of the molecule is CCC(CCN)[PH](=O)O.CP(=O)(O)CCCNc1ccccc1. The van der Waals surface area contributed by atoms with E-state index in [1.807, 2.05) is 37.3 Å². The summed E-state index contributed by atoms with van der Waals surface area (Å²) in [6, 6.07) is 9.83. The number of nitrogens with two attached hydrogens (primary N) is 1. The highest BCUT2D eigenvalue weighted by Gasteiger charge is 2.09. The van der Waals surface area contributed by atoms with E-state index in [4.69, 9.17) is 15.5 Å². The minimum atomic E-state index is -2.83. The third-order valence-corrected chi connectivity index (χ3v) is 5.75. The lowest BCUT2D eigenvalue weighted by Gasteiger charge is -2.07. The Kier molecular flexibility index (Phi) is 12.4. The van der Waals surface area contributed by atoms with E-state index in [1.54, 1.807) is 0 Å². The van der Waals surface area contributed by atoms with Crippen LogP contribution in [0.25, 0.3) is 0 Å². The summed E-state index contributed by atoms with van der Waals surface area (Å²) in [7, 11) is -5.14. The van der Waals surface area contributed by atoms with Gasteiger partial charge in [0, 0.05) is 30.7 Å². The Balaban J connectivity index is 0.000000468. The molecule has 5 N–H and O–H groups in total. The Hall–Kier alpha value is -0.640. The van der Waals surface area contributed by atoms with Crippen molar-refractivity contribution in [1.82, 2.24) is 0 Å². The highest BCUT2D eigenvalue weighted by Crippen LogP contribution is 2.35. The maximum atomic E-state index is 11.0. The highest BCUT2D eigenvalue weighted by atomic mass is 31.2. The maximum Gasteiger partial charge on any atom is 0.197 e. The van der Waals surface area contributed by atoms with Crippen molar-refractivity contribution in [2.24, 2.45) is 5.73 Å². The van der Waals surface area contributed by atoms with Crippen LogP contribution in [0.2, 0.25) is 0 Å². The third kappa shape index (κ3) is 13.5. The quantitative estimate of drug-likeness (QED) is 0.396. The van der Waals surface area contributed by atoms with E-state index < -0.39 is 15.4 Å². The van der Waals surface area contributed by atoms with Crippen molar-refractivity contribution >= 4 is 21.1 Å². The van der Waals surface area contributed by atoms with Gasteiger partial charge in [-0.05, 0) is 37.9 Å². The lowest BCUT2D eigenvalue weighted by atomic mass is 10.2. The van der Waals surface area contributed by atoms with Crippen LogP contribution in [0.1, 0.15) is 26.2 Å². The van der Waals surface area contributed by atoms with Crippen LogP contribution < -0.4 is 11.1 Å². The van der Waals surface area contributed by atoms with Gasteiger partial charge in [-0.15, -0.1) is 0 Å². The first kappa shape index (κ1) is 22.4. The number of nitrogens with one attached hydrogen (secondary N) is 1. The fraction of sp³-hybridized carbons (Fsp3) is 0.600. The van der Waals surface area contributed by atoms with Gasteiger partial charge in [0.25, 0.3) is 0 Å². The Bertz CT molecular complexity index is 480. The number of benzene rings is 1. The summed E-state index contributed by atoms with van der Waals surface area (Å²) >= 11 is 0. The second kappa shape index (κ2) is 12.7. The summed E-state index contributed by atoms with van der Waals surface area (Å²) in [6.07, 6.45) is 2.53. The number of hydrogen-bond acceptors (Lipinski definition) is 4. The van der Waals surface area contributed by atoms with Crippen LogP contribution in [-0.4, -0.2) is 41.4 Å². The molecule has 0 fully saturated rings. The van der Waals surface area contributed by atoms with E-state index in [0.29, 0.717) is 19.1 Å². The molecule has 0 heterocycles. The Morgan fingerprint density at radius 2 is 1.96 bits per heavy atom. The van der Waals surface area contributed by atoms with Gasteiger partial charge in [0.1, 0.15) is 0 Å². The van der Waals surface area contributed by atoms with Gasteiger partial charge in [-0.1, -0.05) is 25.1 Å². The third-order valence-electron chi connectivity index (χ3n) is 3.21. The topological polar surface area (TPSA) is 113 Å². The summed E-state index contributed by atoms with van der Waals surface area (Å²) in [4.78, 5) is 17.7. The van der Waals surface area contributed by atoms with Gasteiger partial charge in [0.15, 0.2) is 15.4 Å². The molecule has 1 aromatic carbocycles. The minimum Gasteiger partial charge on any atom is -0.385 e. The second-order valence-electron chi connectivity index (χ2n) is 5.44. The van der Waals surface area contributed by atoms with Crippen molar-refractivity contribution in [3.05, 3.63) is 30.3 Å². The summed E-state index contributed by atoms with van der Waals surface area (Å²) in [5, 5.41) is 3.18. The molecule has 6 nitrogen and oxygen atoms in total. The number of hydrogen-bond donors (Lipinski definition) is 4. The van der Waals surface area contributed by atoms with Crippen LogP contribution in [0, 0.1) is 0 Å². The van der Waals surface area contributed by atoms with Gasteiger partial charge in [0.05, 0.1) is 0 Å². The zero-order valence-corrected chi connectivity index (χ0v) is 15.8. The lowest BCUT2D eigenvalue weighted by molar-refractivity contribution is 0.480. The van der Waals surface area contributed by atoms with Gasteiger partial charge < -0.3 is 20.8 Å². The highest BCUT2D eigenvalue weighted by molar-refractivity contribution is 7.57. The molecule has 0 amide bonds. The van der Waals surface area contributed by atoms with Gasteiger partial charge in [-0.3, -0.25) is 9.13 Å². The zero-order valence-electron chi connectivity index (χ0n) is 13.9. The molecule has 0 radical (unpaired) electrons. The van der Waals surface area contributed by atoms with Gasteiger partial charge in [-0.25, -0.2) is 0 Å². The standard InChI is InChI=1S/C10H16NO2P.C5H14NO2P/c1-14(12,13)9-5-8-11-10-6-3-2-4-7-10;1-2-5(3-4-6)9(7)8/h2-4,6-7,11H,5,8-9H2,1H3,(H,12,13);5,9H,2-4,6H2,1H3,(H,7,8). The van der Waals surface area contributed by atoms with Crippen LogP contribution in [-0.2, 0) is 9.13 Å². The summed E-state index contributed by atoms with van der Waals surface area (Å²) in [5.74, 6) is 0. The molecule has 0 saturated carbocycles. The van der Waals surface area contributed by atoms with Crippen LogP contribution >= 0.6 is 15.4 Å². The molecule has 0 bridgehead atoms. The van der Waals surface area contributed by atoms with E-state index in [2.05, 4.69) is 5.32 Å². The molecule has 0 aliphatic rings. The van der Waals surface area contributed by atoms with Crippen LogP contribution in [0.15, 0.2) is 30.3 Å². The molecule has 8 heteroatoms. The number of para-hydroxylation sites is 1. The van der Waals surface area contributed by atoms with Gasteiger partial charge in [0.2, 0.25) is 0 Å². The van der Waals surface area contributed by atoms with Crippen molar-refractivity contribution in [2.75, 3.05) is 31.2 Å². The van der Waals surface area contributed by atoms with Crippen molar-refractivity contribution in [3.8, 4) is 0 Å². The molecule has 1 aromatic rings. The monoisotopic (exact) mass is 364 g/mol. The van der Waals surface area contributed by atoms with Crippen molar-refractivity contribution < 1.29 is 18.9 Å². The van der Waals surface area contributed by atoms with E-state index in [9.17, 15) is 9.13 Å². The molecule has 134 valence electrons. The normalized spacial score (nSPS) is 15.7. The lowest BCUT2D eigenvalue weighted by Crippen LogP contribution is -2.09. The van der Waals surface area contributed by atoms with Crippen molar-refractivity contribution in [2.45, 2.75) is 31.8 Å². The first-order chi connectivity index (χ1) is 10.8. The van der Waals surface area contributed by atoms with Gasteiger partial charge >= 0.3 is 0 Å². The molecule has 23 heavy (non-hydrogen) atoms. The average molecular weight is 364 g/mol. The molecule has 0 aliphatic heterocycles. The van der Waals surface area contributed by atoms with Crippen LogP contribution in [0.4, 0.5) is 5.69 Å². The Morgan fingerprint density at radius 1 is 1.35 bits per heavy atom. The summed E-state index contributed by atoms with van der Waals surface area (Å²) in [6.45, 7) is 4.55. The molecule has 1 rings (SSSR count). The molecular formula is C15H30N2O4P2. The molecule has 0 saturated heterocycles. The molecule has 0 spiro atoms. The van der Waals surface area contributed by atoms with E-state index >= 15 is 0 Å². The predicted molar refractivity (Wildman–Crippen MR) is 99.1 cm³/mol. The minimum absolute atomic E-state index is 0.0556. The molecule has 0 aliphatic carbocycles. The Morgan fingerprint density at radius 3 is 2.35 bits per heavy atom.